The van der Waals surface area contributed by atoms with Gasteiger partial charge in [-0.15, -0.1) is 0 Å². The number of phenols is 1. The van der Waals surface area contributed by atoms with E-state index in [1.807, 2.05) is 31.2 Å². The Hall–Kier alpha value is -2.04. The molecule has 0 bridgehead atoms. The lowest BCUT2D eigenvalue weighted by Crippen LogP contribution is -2.34. The molecule has 0 heterocycles. The summed E-state index contributed by atoms with van der Waals surface area (Å²) in [6.45, 7) is 4.00. The molecule has 0 saturated heterocycles. The van der Waals surface area contributed by atoms with Crippen LogP contribution in [0.5, 0.6) is 11.5 Å². The van der Waals surface area contributed by atoms with Crippen molar-refractivity contribution in [1.29, 1.82) is 0 Å². The molecule has 0 spiro atoms. The molecule has 0 aliphatic heterocycles. The molecular formula is C18H23NO3. The first-order valence-electron chi connectivity index (χ1n) is 7.38. The summed E-state index contributed by atoms with van der Waals surface area (Å²) in [7, 11) is 1.65. The fourth-order valence-electron chi connectivity index (χ4n) is 2.43. The number of aliphatic hydroxyl groups excluding tert-OH is 1. The van der Waals surface area contributed by atoms with Crippen LogP contribution in [-0.4, -0.2) is 23.4 Å². The standard InChI is InChI=1S/C18H23NO3/c1-12(14-6-10-17(22-3)11-7-14)19-13(2)18(21)15-4-8-16(20)9-5-15/h4-13,18-21H,1-3H3/t12-,13+,18+/m1/s1. The lowest BCUT2D eigenvalue weighted by molar-refractivity contribution is 0.130. The Labute approximate surface area is 131 Å². The average Bonchev–Trinajstić information content (AvgIpc) is 2.54. The number of rotatable bonds is 6. The van der Waals surface area contributed by atoms with Gasteiger partial charge in [0.15, 0.2) is 0 Å². The van der Waals surface area contributed by atoms with Crippen molar-refractivity contribution < 1.29 is 14.9 Å². The summed E-state index contributed by atoms with van der Waals surface area (Å²) in [4.78, 5) is 0. The number of benzene rings is 2. The molecule has 2 aromatic carbocycles. The van der Waals surface area contributed by atoms with Crippen LogP contribution in [-0.2, 0) is 0 Å². The van der Waals surface area contributed by atoms with Gasteiger partial charge in [-0.05, 0) is 49.2 Å². The Balaban J connectivity index is 2.00. The highest BCUT2D eigenvalue weighted by Crippen LogP contribution is 2.23. The van der Waals surface area contributed by atoms with Crippen molar-refractivity contribution in [2.45, 2.75) is 32.0 Å². The SMILES string of the molecule is COc1ccc([C@@H](C)N[C@@H](C)[C@H](O)c2ccc(O)cc2)cc1. The van der Waals surface area contributed by atoms with Crippen molar-refractivity contribution in [3.05, 3.63) is 59.7 Å². The normalized spacial score (nSPS) is 15.1. The second-order valence-electron chi connectivity index (χ2n) is 5.49. The molecule has 22 heavy (non-hydrogen) atoms. The molecule has 118 valence electrons. The topological polar surface area (TPSA) is 61.7 Å². The maximum atomic E-state index is 10.4. The predicted molar refractivity (Wildman–Crippen MR) is 87.1 cm³/mol. The molecule has 2 rings (SSSR count). The van der Waals surface area contributed by atoms with Crippen molar-refractivity contribution in [2.75, 3.05) is 7.11 Å². The molecule has 0 aromatic heterocycles. The molecule has 3 N–H and O–H groups in total. The maximum Gasteiger partial charge on any atom is 0.118 e. The molecule has 0 radical (unpaired) electrons. The molecule has 0 aliphatic rings. The zero-order valence-electron chi connectivity index (χ0n) is 13.2. The highest BCUT2D eigenvalue weighted by molar-refractivity contribution is 5.30. The van der Waals surface area contributed by atoms with E-state index in [-0.39, 0.29) is 17.8 Å². The van der Waals surface area contributed by atoms with Gasteiger partial charge in [0.1, 0.15) is 11.5 Å². The van der Waals surface area contributed by atoms with Gasteiger partial charge < -0.3 is 20.3 Å². The molecule has 0 amide bonds. The molecule has 0 aliphatic carbocycles. The van der Waals surface area contributed by atoms with Crippen LogP contribution in [0.15, 0.2) is 48.5 Å². The number of ether oxygens (including phenoxy) is 1. The van der Waals surface area contributed by atoms with Crippen LogP contribution >= 0.6 is 0 Å². The van der Waals surface area contributed by atoms with Crippen molar-refractivity contribution in [3.8, 4) is 11.5 Å². The molecule has 0 fully saturated rings. The second-order valence-corrected chi connectivity index (χ2v) is 5.49. The summed E-state index contributed by atoms with van der Waals surface area (Å²) in [6.07, 6.45) is -0.638. The third kappa shape index (κ3) is 4.00. The van der Waals surface area contributed by atoms with E-state index in [0.29, 0.717) is 0 Å². The maximum absolute atomic E-state index is 10.4. The van der Waals surface area contributed by atoms with Crippen LogP contribution in [0.2, 0.25) is 0 Å². The first kappa shape index (κ1) is 16.3. The quantitative estimate of drug-likeness (QED) is 0.767. The number of aromatic hydroxyl groups is 1. The first-order chi connectivity index (χ1) is 10.5. The first-order valence-corrected chi connectivity index (χ1v) is 7.38. The van der Waals surface area contributed by atoms with E-state index in [4.69, 9.17) is 4.74 Å². The van der Waals surface area contributed by atoms with Crippen molar-refractivity contribution >= 4 is 0 Å². The highest BCUT2D eigenvalue weighted by Gasteiger charge is 2.18. The van der Waals surface area contributed by atoms with E-state index in [0.717, 1.165) is 16.9 Å². The van der Waals surface area contributed by atoms with E-state index in [2.05, 4.69) is 12.2 Å². The Morgan fingerprint density at radius 1 is 0.909 bits per heavy atom. The Morgan fingerprint density at radius 2 is 1.45 bits per heavy atom. The lowest BCUT2D eigenvalue weighted by Gasteiger charge is -2.25. The summed E-state index contributed by atoms with van der Waals surface area (Å²) < 4.78 is 5.15. The number of hydrogen-bond donors (Lipinski definition) is 3. The van der Waals surface area contributed by atoms with Crippen LogP contribution in [0.25, 0.3) is 0 Å². The summed E-state index contributed by atoms with van der Waals surface area (Å²) in [5, 5.41) is 23.1. The molecule has 3 atom stereocenters. The van der Waals surface area contributed by atoms with E-state index in [1.165, 1.54) is 0 Å². The molecule has 0 unspecified atom stereocenters. The second kappa shape index (κ2) is 7.29. The number of phenolic OH excluding ortho intramolecular Hbond substituents is 1. The minimum absolute atomic E-state index is 0.104. The van der Waals surface area contributed by atoms with Crippen LogP contribution < -0.4 is 10.1 Å². The zero-order valence-corrected chi connectivity index (χ0v) is 13.2. The lowest BCUT2D eigenvalue weighted by atomic mass is 10.0. The third-order valence-corrected chi connectivity index (χ3v) is 3.84. The van der Waals surface area contributed by atoms with Crippen LogP contribution in [0.3, 0.4) is 0 Å². The monoisotopic (exact) mass is 301 g/mol. The third-order valence-electron chi connectivity index (χ3n) is 3.84. The number of aliphatic hydroxyl groups is 1. The van der Waals surface area contributed by atoms with Crippen LogP contribution in [0.4, 0.5) is 0 Å². The van der Waals surface area contributed by atoms with E-state index in [1.54, 1.807) is 31.4 Å². The highest BCUT2D eigenvalue weighted by atomic mass is 16.5. The molecule has 2 aromatic rings. The van der Waals surface area contributed by atoms with Crippen molar-refractivity contribution in [3.63, 3.8) is 0 Å². The Kier molecular flexibility index (Phi) is 5.41. The molecular weight excluding hydrogens is 278 g/mol. The Bertz CT molecular complexity index is 580. The van der Waals surface area contributed by atoms with E-state index >= 15 is 0 Å². The average molecular weight is 301 g/mol. The summed E-state index contributed by atoms with van der Waals surface area (Å²) in [6, 6.07) is 14.5. The van der Waals surface area contributed by atoms with Crippen LogP contribution in [0, 0.1) is 0 Å². The van der Waals surface area contributed by atoms with Gasteiger partial charge in [-0.3, -0.25) is 0 Å². The van der Waals surface area contributed by atoms with Gasteiger partial charge in [0.25, 0.3) is 0 Å². The van der Waals surface area contributed by atoms with E-state index < -0.39 is 6.10 Å². The number of nitrogens with one attached hydrogen (secondary N) is 1. The van der Waals surface area contributed by atoms with Gasteiger partial charge in [0, 0.05) is 12.1 Å². The molecule has 4 heteroatoms. The summed E-state index contributed by atoms with van der Waals surface area (Å²) in [5.41, 5.74) is 1.91. The summed E-state index contributed by atoms with van der Waals surface area (Å²) in [5.74, 6) is 1.02. The van der Waals surface area contributed by atoms with Crippen molar-refractivity contribution in [2.24, 2.45) is 0 Å². The number of hydrogen-bond acceptors (Lipinski definition) is 4. The fraction of sp³-hybridized carbons (Fsp3) is 0.333. The van der Waals surface area contributed by atoms with Crippen LogP contribution in [0.1, 0.15) is 37.1 Å². The smallest absolute Gasteiger partial charge is 0.118 e. The number of methoxy groups -OCH3 is 1. The van der Waals surface area contributed by atoms with E-state index in [9.17, 15) is 10.2 Å². The van der Waals surface area contributed by atoms with Gasteiger partial charge in [-0.25, -0.2) is 0 Å². The minimum Gasteiger partial charge on any atom is -0.508 e. The predicted octanol–water partition coefficient (Wildman–Crippen LogP) is 3.17. The largest absolute Gasteiger partial charge is 0.508 e. The zero-order chi connectivity index (χ0) is 16.1. The minimum atomic E-state index is -0.638. The van der Waals surface area contributed by atoms with Gasteiger partial charge in [0.2, 0.25) is 0 Å². The van der Waals surface area contributed by atoms with Crippen molar-refractivity contribution in [1.82, 2.24) is 5.32 Å². The molecule has 4 nitrogen and oxygen atoms in total. The van der Waals surface area contributed by atoms with Gasteiger partial charge in [0.05, 0.1) is 13.2 Å². The Morgan fingerprint density at radius 3 is 2.00 bits per heavy atom. The molecule has 0 saturated carbocycles. The summed E-state index contributed by atoms with van der Waals surface area (Å²) >= 11 is 0. The van der Waals surface area contributed by atoms with Gasteiger partial charge in [-0.1, -0.05) is 24.3 Å². The van der Waals surface area contributed by atoms with Gasteiger partial charge in [-0.2, -0.15) is 0 Å². The van der Waals surface area contributed by atoms with Gasteiger partial charge >= 0.3 is 0 Å². The fourth-order valence-corrected chi connectivity index (χ4v) is 2.43.